The summed E-state index contributed by atoms with van der Waals surface area (Å²) in [5.41, 5.74) is 3.44. The minimum Gasteiger partial charge on any atom is -0.396 e. The van der Waals surface area contributed by atoms with Gasteiger partial charge in [0.15, 0.2) is 0 Å². The molecule has 0 fully saturated rings. The summed E-state index contributed by atoms with van der Waals surface area (Å²) in [5, 5.41) is 13.4. The molecule has 0 aliphatic rings. The number of rotatable bonds is 4. The Morgan fingerprint density at radius 3 is 2.71 bits per heavy atom. The molecule has 2 aromatic rings. The highest BCUT2D eigenvalue weighted by Gasteiger charge is 2.11. The lowest BCUT2D eigenvalue weighted by Crippen LogP contribution is -2.06. The van der Waals surface area contributed by atoms with Gasteiger partial charge in [-0.3, -0.25) is 4.68 Å². The van der Waals surface area contributed by atoms with Gasteiger partial charge in [0.25, 0.3) is 0 Å². The Morgan fingerprint density at radius 2 is 2.00 bits per heavy atom. The average molecular weight is 230 g/mol. The molecule has 1 aromatic carbocycles. The summed E-state index contributed by atoms with van der Waals surface area (Å²) in [6.45, 7) is 4.41. The molecule has 0 spiro atoms. The van der Waals surface area contributed by atoms with Crippen LogP contribution in [0, 0.1) is 0 Å². The normalized spacial score (nSPS) is 11.1. The number of benzene rings is 1. The van der Waals surface area contributed by atoms with E-state index in [2.05, 4.69) is 31.1 Å². The smallest absolute Gasteiger partial charge is 0.0688 e. The molecule has 0 aliphatic carbocycles. The first-order chi connectivity index (χ1) is 8.24. The van der Waals surface area contributed by atoms with Crippen LogP contribution in [0.25, 0.3) is 11.3 Å². The number of hydrogen-bond acceptors (Lipinski definition) is 2. The molecular formula is C14H18N2O. The van der Waals surface area contributed by atoms with Crippen molar-refractivity contribution < 1.29 is 5.11 Å². The first kappa shape index (κ1) is 11.9. The minimum atomic E-state index is 0.173. The van der Waals surface area contributed by atoms with Gasteiger partial charge in [0.05, 0.1) is 5.69 Å². The lowest BCUT2D eigenvalue weighted by atomic mass is 10.0. The van der Waals surface area contributed by atoms with Crippen molar-refractivity contribution in [2.24, 2.45) is 0 Å². The molecule has 0 atom stereocenters. The van der Waals surface area contributed by atoms with E-state index < -0.39 is 0 Å². The Bertz CT molecular complexity index is 488. The second kappa shape index (κ2) is 5.15. The number of hydrogen-bond donors (Lipinski definition) is 1. The predicted molar refractivity (Wildman–Crippen MR) is 68.8 cm³/mol. The van der Waals surface area contributed by atoms with Gasteiger partial charge in [-0.25, -0.2) is 0 Å². The van der Waals surface area contributed by atoms with Crippen molar-refractivity contribution in [2.45, 2.75) is 26.3 Å². The molecule has 0 bridgehead atoms. The van der Waals surface area contributed by atoms with E-state index in [0.29, 0.717) is 12.5 Å². The largest absolute Gasteiger partial charge is 0.396 e. The van der Waals surface area contributed by atoms with E-state index >= 15 is 0 Å². The highest BCUT2D eigenvalue weighted by Crippen LogP contribution is 2.25. The van der Waals surface area contributed by atoms with Gasteiger partial charge in [-0.05, 0) is 31.9 Å². The van der Waals surface area contributed by atoms with Crippen LogP contribution >= 0.6 is 0 Å². The summed E-state index contributed by atoms with van der Waals surface area (Å²) in [6, 6.07) is 10.5. The fraction of sp³-hybridized carbons (Fsp3) is 0.357. The molecular weight excluding hydrogens is 212 g/mol. The molecule has 1 heterocycles. The Balaban J connectivity index is 2.48. The molecule has 3 nitrogen and oxygen atoms in total. The first-order valence-corrected chi connectivity index (χ1v) is 5.96. The zero-order chi connectivity index (χ0) is 12.3. The van der Waals surface area contributed by atoms with E-state index in [1.54, 1.807) is 0 Å². The zero-order valence-corrected chi connectivity index (χ0v) is 10.3. The lowest BCUT2D eigenvalue weighted by Gasteiger charge is -2.13. The van der Waals surface area contributed by atoms with Crippen molar-refractivity contribution >= 4 is 0 Å². The summed E-state index contributed by atoms with van der Waals surface area (Å²) in [6.07, 6.45) is 2.50. The van der Waals surface area contributed by atoms with E-state index in [4.69, 9.17) is 5.11 Å². The van der Waals surface area contributed by atoms with Gasteiger partial charge >= 0.3 is 0 Å². The van der Waals surface area contributed by atoms with E-state index in [-0.39, 0.29) is 6.61 Å². The molecule has 0 radical (unpaired) electrons. The zero-order valence-electron chi connectivity index (χ0n) is 10.3. The molecule has 0 amide bonds. The van der Waals surface area contributed by atoms with Gasteiger partial charge in [0.2, 0.25) is 0 Å². The maximum atomic E-state index is 9.10. The summed E-state index contributed by atoms with van der Waals surface area (Å²) >= 11 is 0. The van der Waals surface area contributed by atoms with Crippen LogP contribution in [0.5, 0.6) is 0 Å². The van der Waals surface area contributed by atoms with E-state index in [0.717, 1.165) is 16.8 Å². The molecule has 0 unspecified atom stereocenters. The molecule has 17 heavy (non-hydrogen) atoms. The average Bonchev–Trinajstić information content (AvgIpc) is 2.79. The van der Waals surface area contributed by atoms with E-state index in [9.17, 15) is 0 Å². The van der Waals surface area contributed by atoms with Crippen LogP contribution in [0.4, 0.5) is 0 Å². The third-order valence-corrected chi connectivity index (χ3v) is 2.83. The molecule has 2 rings (SSSR count). The van der Waals surface area contributed by atoms with Crippen LogP contribution in [0.15, 0.2) is 36.5 Å². The SMILES string of the molecule is CC(C)n1nccc1-c1ccccc1CCO. The van der Waals surface area contributed by atoms with Crippen molar-refractivity contribution in [3.05, 3.63) is 42.1 Å². The van der Waals surface area contributed by atoms with Crippen LogP contribution in [-0.4, -0.2) is 21.5 Å². The standard InChI is InChI=1S/C14H18N2O/c1-11(2)16-14(7-9-15-16)13-6-4-3-5-12(13)8-10-17/h3-7,9,11,17H,8,10H2,1-2H3. The fourth-order valence-electron chi connectivity index (χ4n) is 2.05. The summed E-state index contributed by atoms with van der Waals surface area (Å²) in [7, 11) is 0. The van der Waals surface area contributed by atoms with Crippen LogP contribution < -0.4 is 0 Å². The Hall–Kier alpha value is -1.61. The molecule has 1 N–H and O–H groups in total. The van der Waals surface area contributed by atoms with Crippen molar-refractivity contribution in [3.8, 4) is 11.3 Å². The number of aliphatic hydroxyl groups is 1. The topological polar surface area (TPSA) is 38.0 Å². The molecule has 3 heteroatoms. The third kappa shape index (κ3) is 2.39. The molecule has 90 valence electrons. The quantitative estimate of drug-likeness (QED) is 0.877. The van der Waals surface area contributed by atoms with Gasteiger partial charge in [-0.1, -0.05) is 24.3 Å². The molecule has 0 saturated carbocycles. The van der Waals surface area contributed by atoms with Gasteiger partial charge in [-0.15, -0.1) is 0 Å². The maximum absolute atomic E-state index is 9.10. The molecule has 0 aliphatic heterocycles. The Kier molecular flexibility index (Phi) is 3.59. The van der Waals surface area contributed by atoms with Gasteiger partial charge < -0.3 is 5.11 Å². The van der Waals surface area contributed by atoms with Crippen molar-refractivity contribution in [3.63, 3.8) is 0 Å². The van der Waals surface area contributed by atoms with Crippen LogP contribution in [-0.2, 0) is 6.42 Å². The van der Waals surface area contributed by atoms with Gasteiger partial charge in [0, 0.05) is 24.4 Å². The highest BCUT2D eigenvalue weighted by molar-refractivity contribution is 5.64. The van der Waals surface area contributed by atoms with Crippen molar-refractivity contribution in [1.29, 1.82) is 0 Å². The number of aromatic nitrogens is 2. The monoisotopic (exact) mass is 230 g/mol. The molecule has 0 saturated heterocycles. The number of nitrogens with zero attached hydrogens (tertiary/aromatic N) is 2. The van der Waals surface area contributed by atoms with Crippen LogP contribution in [0.1, 0.15) is 25.5 Å². The maximum Gasteiger partial charge on any atom is 0.0688 e. The molecule has 1 aromatic heterocycles. The lowest BCUT2D eigenvalue weighted by molar-refractivity contribution is 0.300. The minimum absolute atomic E-state index is 0.173. The van der Waals surface area contributed by atoms with Crippen LogP contribution in [0.2, 0.25) is 0 Å². The summed E-state index contributed by atoms with van der Waals surface area (Å²) in [5.74, 6) is 0. The third-order valence-electron chi connectivity index (χ3n) is 2.83. The van der Waals surface area contributed by atoms with Gasteiger partial charge in [-0.2, -0.15) is 5.10 Å². The summed E-state index contributed by atoms with van der Waals surface area (Å²) in [4.78, 5) is 0. The Labute approximate surface area is 102 Å². The van der Waals surface area contributed by atoms with E-state index in [1.165, 1.54) is 0 Å². The highest BCUT2D eigenvalue weighted by atomic mass is 16.2. The van der Waals surface area contributed by atoms with Crippen LogP contribution in [0.3, 0.4) is 0 Å². The first-order valence-electron chi connectivity index (χ1n) is 5.96. The second-order valence-corrected chi connectivity index (χ2v) is 4.39. The van der Waals surface area contributed by atoms with Gasteiger partial charge in [0.1, 0.15) is 0 Å². The predicted octanol–water partition coefficient (Wildman–Crippen LogP) is 2.67. The number of aliphatic hydroxyl groups excluding tert-OH is 1. The fourth-order valence-corrected chi connectivity index (χ4v) is 2.05. The van der Waals surface area contributed by atoms with Crippen molar-refractivity contribution in [2.75, 3.05) is 6.61 Å². The second-order valence-electron chi connectivity index (χ2n) is 4.39. The Morgan fingerprint density at radius 1 is 1.24 bits per heavy atom. The van der Waals surface area contributed by atoms with Crippen molar-refractivity contribution in [1.82, 2.24) is 9.78 Å². The summed E-state index contributed by atoms with van der Waals surface area (Å²) < 4.78 is 2.01. The van der Waals surface area contributed by atoms with E-state index in [1.807, 2.05) is 29.1 Å².